The number of halogens is 2. The van der Waals surface area contributed by atoms with Crippen LogP contribution in [-0.4, -0.2) is 34.1 Å². The minimum absolute atomic E-state index is 0.160. The maximum absolute atomic E-state index is 14.1. The van der Waals surface area contributed by atoms with E-state index in [9.17, 15) is 18.7 Å². The first kappa shape index (κ1) is 16.1. The van der Waals surface area contributed by atoms with E-state index in [1.807, 2.05) is 0 Å². The molecule has 4 rings (SSSR count). The predicted octanol–water partition coefficient (Wildman–Crippen LogP) is 3.29. The van der Waals surface area contributed by atoms with E-state index in [0.29, 0.717) is 42.0 Å². The second-order valence-corrected chi connectivity index (χ2v) is 5.59. The summed E-state index contributed by atoms with van der Waals surface area (Å²) >= 11 is 0. The molecule has 0 bridgehead atoms. The van der Waals surface area contributed by atoms with Crippen LogP contribution in [0.3, 0.4) is 0 Å². The first-order valence-electron chi connectivity index (χ1n) is 7.72. The molecule has 0 fully saturated rings. The maximum atomic E-state index is 14.1. The van der Waals surface area contributed by atoms with Crippen molar-refractivity contribution in [2.24, 2.45) is 0 Å². The van der Waals surface area contributed by atoms with E-state index in [4.69, 9.17) is 9.47 Å². The minimum Gasteiger partial charge on any atom is -0.486 e. The van der Waals surface area contributed by atoms with Crippen LogP contribution >= 0.6 is 0 Å². The number of hydrogen-bond donors (Lipinski definition) is 1. The second-order valence-electron chi connectivity index (χ2n) is 5.59. The first-order chi connectivity index (χ1) is 12.5. The summed E-state index contributed by atoms with van der Waals surface area (Å²) in [5, 5.41) is 13.6. The molecule has 1 aromatic heterocycles. The molecule has 0 atom stereocenters. The van der Waals surface area contributed by atoms with Crippen LogP contribution in [-0.2, 0) is 0 Å². The summed E-state index contributed by atoms with van der Waals surface area (Å²) in [6.45, 7) is 0.861. The molecule has 0 amide bonds. The molecule has 26 heavy (non-hydrogen) atoms. The number of carboxylic acid groups (broad SMARTS) is 1. The van der Waals surface area contributed by atoms with Crippen molar-refractivity contribution in [2.75, 3.05) is 13.2 Å². The Hall–Kier alpha value is -3.42. The molecule has 0 saturated carbocycles. The van der Waals surface area contributed by atoms with Crippen LogP contribution in [0.2, 0.25) is 0 Å². The smallest absolute Gasteiger partial charge is 0.354 e. The fourth-order valence-electron chi connectivity index (χ4n) is 2.71. The van der Waals surface area contributed by atoms with Crippen molar-refractivity contribution in [3.05, 3.63) is 59.8 Å². The zero-order chi connectivity index (χ0) is 18.3. The van der Waals surface area contributed by atoms with Gasteiger partial charge in [0, 0.05) is 11.6 Å². The lowest BCUT2D eigenvalue weighted by atomic mass is 10.1. The molecule has 1 aliphatic heterocycles. The van der Waals surface area contributed by atoms with Crippen LogP contribution < -0.4 is 9.47 Å². The number of hydrogen-bond acceptors (Lipinski definition) is 4. The minimum atomic E-state index is -1.29. The number of carboxylic acids is 1. The molecule has 0 aliphatic carbocycles. The molecule has 1 N–H and O–H groups in total. The summed E-state index contributed by atoms with van der Waals surface area (Å²) < 4.78 is 39.1. The van der Waals surface area contributed by atoms with E-state index in [-0.39, 0.29) is 11.4 Å². The van der Waals surface area contributed by atoms with Crippen molar-refractivity contribution in [1.82, 2.24) is 9.78 Å². The van der Waals surface area contributed by atoms with Gasteiger partial charge in [0.15, 0.2) is 23.0 Å². The van der Waals surface area contributed by atoms with Crippen molar-refractivity contribution in [2.45, 2.75) is 0 Å². The van der Waals surface area contributed by atoms with E-state index in [1.54, 1.807) is 18.2 Å². The molecular weight excluding hydrogens is 346 g/mol. The van der Waals surface area contributed by atoms with Gasteiger partial charge >= 0.3 is 5.97 Å². The number of nitrogens with zero attached hydrogens (tertiary/aromatic N) is 2. The molecule has 8 heteroatoms. The topological polar surface area (TPSA) is 73.6 Å². The van der Waals surface area contributed by atoms with Gasteiger partial charge < -0.3 is 14.6 Å². The van der Waals surface area contributed by atoms with Gasteiger partial charge in [0.2, 0.25) is 0 Å². The summed E-state index contributed by atoms with van der Waals surface area (Å²) in [5.41, 5.74) is 0.481. The fourth-order valence-corrected chi connectivity index (χ4v) is 2.71. The van der Waals surface area contributed by atoms with E-state index in [2.05, 4.69) is 5.10 Å². The Morgan fingerprint density at radius 3 is 2.54 bits per heavy atom. The van der Waals surface area contributed by atoms with E-state index in [0.717, 1.165) is 16.8 Å². The highest BCUT2D eigenvalue weighted by atomic mass is 19.1. The molecule has 0 unspecified atom stereocenters. The van der Waals surface area contributed by atoms with Crippen LogP contribution in [0.4, 0.5) is 8.78 Å². The first-order valence-corrected chi connectivity index (χ1v) is 7.72. The summed E-state index contributed by atoms with van der Waals surface area (Å²) in [6.07, 6.45) is 0. The van der Waals surface area contributed by atoms with Crippen LogP contribution in [0.25, 0.3) is 16.9 Å². The van der Waals surface area contributed by atoms with Crippen LogP contribution in [0, 0.1) is 11.6 Å². The van der Waals surface area contributed by atoms with Gasteiger partial charge in [-0.15, -0.1) is 0 Å². The molecule has 1 aliphatic rings. The van der Waals surface area contributed by atoms with Crippen LogP contribution in [0.1, 0.15) is 10.5 Å². The van der Waals surface area contributed by atoms with Gasteiger partial charge in [-0.3, -0.25) is 0 Å². The molecule has 6 nitrogen and oxygen atoms in total. The van der Waals surface area contributed by atoms with Gasteiger partial charge in [-0.1, -0.05) is 0 Å². The van der Waals surface area contributed by atoms with Crippen molar-refractivity contribution in [3.8, 4) is 28.4 Å². The third-order valence-electron chi connectivity index (χ3n) is 3.90. The Kier molecular flexibility index (Phi) is 3.80. The molecular formula is C18H12F2N2O4. The number of aromatic nitrogens is 2. The van der Waals surface area contributed by atoms with E-state index in [1.165, 1.54) is 6.07 Å². The number of benzene rings is 2. The van der Waals surface area contributed by atoms with Gasteiger partial charge in [-0.05, 0) is 36.4 Å². The molecule has 2 aromatic carbocycles. The van der Waals surface area contributed by atoms with Gasteiger partial charge in [-0.2, -0.15) is 5.10 Å². The molecule has 0 radical (unpaired) electrons. The van der Waals surface area contributed by atoms with Crippen molar-refractivity contribution >= 4 is 5.97 Å². The summed E-state index contributed by atoms with van der Waals surface area (Å²) in [5.74, 6) is -1.85. The third kappa shape index (κ3) is 2.75. The maximum Gasteiger partial charge on any atom is 0.354 e. The number of ether oxygens (including phenoxy) is 2. The second kappa shape index (κ2) is 6.14. The third-order valence-corrected chi connectivity index (χ3v) is 3.90. The fraction of sp³-hybridized carbons (Fsp3) is 0.111. The SMILES string of the molecule is O=C(O)c1cc(-c2ccc3c(c2)OCCO3)nn1-c1ccc(F)cc1F. The van der Waals surface area contributed by atoms with Crippen LogP contribution in [0.15, 0.2) is 42.5 Å². The standard InChI is InChI=1S/C18H12F2N2O4/c19-11-2-3-14(12(20)8-11)22-15(18(23)24)9-13(21-22)10-1-4-16-17(7-10)26-6-5-25-16/h1-4,7-9H,5-6H2,(H,23,24). The Labute approximate surface area is 146 Å². The predicted molar refractivity (Wildman–Crippen MR) is 86.9 cm³/mol. The lowest BCUT2D eigenvalue weighted by Gasteiger charge is -2.18. The van der Waals surface area contributed by atoms with E-state index < -0.39 is 17.6 Å². The van der Waals surface area contributed by atoms with E-state index >= 15 is 0 Å². The molecule has 0 spiro atoms. The van der Waals surface area contributed by atoms with Crippen molar-refractivity contribution in [1.29, 1.82) is 0 Å². The highest BCUT2D eigenvalue weighted by Gasteiger charge is 2.20. The lowest BCUT2D eigenvalue weighted by molar-refractivity contribution is 0.0687. The molecule has 0 saturated heterocycles. The highest BCUT2D eigenvalue weighted by molar-refractivity contribution is 5.88. The number of fused-ring (bicyclic) bond motifs is 1. The number of aromatic carboxylic acids is 1. The van der Waals surface area contributed by atoms with Crippen LogP contribution in [0.5, 0.6) is 11.5 Å². The average molecular weight is 358 g/mol. The quantitative estimate of drug-likeness (QED) is 0.778. The zero-order valence-corrected chi connectivity index (χ0v) is 13.3. The zero-order valence-electron chi connectivity index (χ0n) is 13.3. The monoisotopic (exact) mass is 358 g/mol. The lowest BCUT2D eigenvalue weighted by Crippen LogP contribution is -2.15. The Morgan fingerprint density at radius 1 is 1.04 bits per heavy atom. The van der Waals surface area contributed by atoms with Gasteiger partial charge in [0.25, 0.3) is 0 Å². The van der Waals surface area contributed by atoms with Gasteiger partial charge in [-0.25, -0.2) is 18.3 Å². The Bertz CT molecular complexity index is 1020. The number of rotatable bonds is 3. The number of carbonyl (C=O) groups is 1. The molecule has 132 valence electrons. The normalized spacial score (nSPS) is 12.8. The summed E-state index contributed by atoms with van der Waals surface area (Å²) in [4.78, 5) is 11.5. The summed E-state index contributed by atoms with van der Waals surface area (Å²) in [6, 6.07) is 9.23. The van der Waals surface area contributed by atoms with Crippen molar-refractivity contribution in [3.63, 3.8) is 0 Å². The van der Waals surface area contributed by atoms with Crippen molar-refractivity contribution < 1.29 is 28.2 Å². The summed E-state index contributed by atoms with van der Waals surface area (Å²) in [7, 11) is 0. The Morgan fingerprint density at radius 2 is 1.81 bits per heavy atom. The Balaban J connectivity index is 1.83. The largest absolute Gasteiger partial charge is 0.486 e. The molecule has 2 heterocycles. The average Bonchev–Trinajstić information content (AvgIpc) is 3.06. The molecule has 3 aromatic rings. The van der Waals surface area contributed by atoms with Gasteiger partial charge in [0.1, 0.15) is 24.7 Å². The van der Waals surface area contributed by atoms with Gasteiger partial charge in [0.05, 0.1) is 5.69 Å². The highest BCUT2D eigenvalue weighted by Crippen LogP contribution is 2.34.